The van der Waals surface area contributed by atoms with Gasteiger partial charge in [0.1, 0.15) is 28.8 Å². The molecule has 3 nitrogen and oxygen atoms in total. The summed E-state index contributed by atoms with van der Waals surface area (Å²) in [7, 11) is 0. The molecule has 0 aliphatic carbocycles. The van der Waals surface area contributed by atoms with E-state index >= 15 is 0 Å². The van der Waals surface area contributed by atoms with E-state index in [9.17, 15) is 0 Å². The first-order valence-corrected chi connectivity index (χ1v) is 7.25. The SMILES string of the molecule is CC(C)CCOc1cccc(C(CCN)OI)c1. The normalized spacial score (nSPS) is 12.7. The van der Waals surface area contributed by atoms with Crippen LogP contribution < -0.4 is 10.5 Å². The van der Waals surface area contributed by atoms with E-state index in [2.05, 4.69) is 13.8 Å². The average molecular weight is 363 g/mol. The van der Waals surface area contributed by atoms with Crippen LogP contribution in [0.15, 0.2) is 24.3 Å². The van der Waals surface area contributed by atoms with Crippen LogP contribution in [0.3, 0.4) is 0 Å². The minimum absolute atomic E-state index is 0.0456. The Bertz CT molecular complexity index is 344. The standard InChI is InChI=1S/C14H22INO2/c1-11(2)7-9-17-13-5-3-4-12(10-13)14(18-15)6-8-16/h3-5,10-11,14H,6-9,16H2,1-2H3. The van der Waals surface area contributed by atoms with Crippen LogP contribution in [-0.2, 0) is 3.07 Å². The summed E-state index contributed by atoms with van der Waals surface area (Å²) < 4.78 is 11.1. The first kappa shape index (κ1) is 15.7. The summed E-state index contributed by atoms with van der Waals surface area (Å²) in [5.74, 6) is 1.57. The molecule has 1 atom stereocenters. The van der Waals surface area contributed by atoms with E-state index in [0.717, 1.165) is 30.8 Å². The average Bonchev–Trinajstić information content (AvgIpc) is 2.36. The smallest absolute Gasteiger partial charge is 0.119 e. The van der Waals surface area contributed by atoms with Gasteiger partial charge in [-0.05, 0) is 43.0 Å². The summed E-state index contributed by atoms with van der Waals surface area (Å²) in [4.78, 5) is 0. The molecule has 1 aromatic carbocycles. The molecule has 0 bridgehead atoms. The molecule has 0 aliphatic heterocycles. The summed E-state index contributed by atoms with van der Waals surface area (Å²) in [5.41, 5.74) is 6.70. The Hall–Kier alpha value is -0.330. The fourth-order valence-corrected chi connectivity index (χ4v) is 2.18. The second-order valence-corrected chi connectivity index (χ2v) is 5.27. The summed E-state index contributed by atoms with van der Waals surface area (Å²) in [6, 6.07) is 8.07. The number of rotatable bonds is 8. The van der Waals surface area contributed by atoms with Crippen molar-refractivity contribution in [1.29, 1.82) is 0 Å². The molecule has 2 N–H and O–H groups in total. The Morgan fingerprint density at radius 1 is 1.28 bits per heavy atom. The molecule has 0 radical (unpaired) electrons. The lowest BCUT2D eigenvalue weighted by molar-refractivity contribution is 0.271. The van der Waals surface area contributed by atoms with Crippen molar-refractivity contribution in [3.63, 3.8) is 0 Å². The van der Waals surface area contributed by atoms with Crippen LogP contribution in [0.2, 0.25) is 0 Å². The highest BCUT2D eigenvalue weighted by Crippen LogP contribution is 2.26. The lowest BCUT2D eigenvalue weighted by atomic mass is 10.1. The van der Waals surface area contributed by atoms with Gasteiger partial charge >= 0.3 is 0 Å². The summed E-state index contributed by atoms with van der Waals surface area (Å²) in [6.45, 7) is 5.77. The third kappa shape index (κ3) is 5.54. The predicted molar refractivity (Wildman–Crippen MR) is 82.9 cm³/mol. The summed E-state index contributed by atoms with van der Waals surface area (Å²) >= 11 is 1.93. The second-order valence-electron chi connectivity index (χ2n) is 4.76. The molecule has 0 aromatic heterocycles. The number of hydrogen-bond donors (Lipinski definition) is 1. The van der Waals surface area contributed by atoms with E-state index < -0.39 is 0 Å². The molecular formula is C14H22INO2. The Morgan fingerprint density at radius 2 is 2.06 bits per heavy atom. The van der Waals surface area contributed by atoms with E-state index in [1.165, 1.54) is 0 Å². The van der Waals surface area contributed by atoms with Gasteiger partial charge in [-0.1, -0.05) is 26.0 Å². The van der Waals surface area contributed by atoms with E-state index in [-0.39, 0.29) is 6.10 Å². The topological polar surface area (TPSA) is 44.5 Å². The zero-order valence-corrected chi connectivity index (χ0v) is 13.2. The highest BCUT2D eigenvalue weighted by molar-refractivity contribution is 14.1. The zero-order chi connectivity index (χ0) is 13.4. The molecule has 1 unspecified atom stereocenters. The highest BCUT2D eigenvalue weighted by Gasteiger charge is 2.11. The minimum Gasteiger partial charge on any atom is -0.494 e. The van der Waals surface area contributed by atoms with E-state index in [0.29, 0.717) is 12.5 Å². The van der Waals surface area contributed by atoms with Gasteiger partial charge < -0.3 is 13.5 Å². The highest BCUT2D eigenvalue weighted by atomic mass is 127. The molecule has 18 heavy (non-hydrogen) atoms. The van der Waals surface area contributed by atoms with Crippen molar-refractivity contribution in [2.45, 2.75) is 32.8 Å². The van der Waals surface area contributed by atoms with Crippen LogP contribution in [0.4, 0.5) is 0 Å². The van der Waals surface area contributed by atoms with Gasteiger partial charge in [-0.15, -0.1) is 0 Å². The first-order chi connectivity index (χ1) is 8.67. The number of halogens is 1. The Labute approximate surface area is 124 Å². The molecule has 0 spiro atoms. The second kappa shape index (κ2) is 8.72. The fourth-order valence-electron chi connectivity index (χ4n) is 1.63. The monoisotopic (exact) mass is 363 g/mol. The van der Waals surface area contributed by atoms with Crippen molar-refractivity contribution < 1.29 is 7.80 Å². The number of hydrogen-bond acceptors (Lipinski definition) is 3. The van der Waals surface area contributed by atoms with E-state index in [1.54, 1.807) is 0 Å². The fraction of sp³-hybridized carbons (Fsp3) is 0.571. The molecule has 102 valence electrons. The van der Waals surface area contributed by atoms with Gasteiger partial charge in [-0.25, -0.2) is 0 Å². The maximum absolute atomic E-state index is 5.74. The molecule has 0 saturated carbocycles. The van der Waals surface area contributed by atoms with Crippen LogP contribution >= 0.6 is 23.0 Å². The lowest BCUT2D eigenvalue weighted by Crippen LogP contribution is -2.08. The third-order valence-electron chi connectivity index (χ3n) is 2.73. The van der Waals surface area contributed by atoms with Gasteiger partial charge in [-0.3, -0.25) is 0 Å². The van der Waals surface area contributed by atoms with Crippen LogP contribution in [0, 0.1) is 5.92 Å². The van der Waals surface area contributed by atoms with Gasteiger partial charge in [0.2, 0.25) is 0 Å². The minimum atomic E-state index is 0.0456. The molecule has 0 saturated heterocycles. The predicted octanol–water partition coefficient (Wildman–Crippen LogP) is 3.87. The van der Waals surface area contributed by atoms with Gasteiger partial charge in [0, 0.05) is 0 Å². The molecule has 0 aliphatic rings. The maximum Gasteiger partial charge on any atom is 0.119 e. The van der Waals surface area contributed by atoms with Crippen LogP contribution in [0.1, 0.15) is 38.4 Å². The first-order valence-electron chi connectivity index (χ1n) is 6.37. The van der Waals surface area contributed by atoms with Crippen molar-refractivity contribution in [3.8, 4) is 5.75 Å². The van der Waals surface area contributed by atoms with Gasteiger partial charge in [0.15, 0.2) is 0 Å². The number of benzene rings is 1. The lowest BCUT2D eigenvalue weighted by Gasteiger charge is -2.15. The summed E-state index contributed by atoms with van der Waals surface area (Å²) in [5, 5.41) is 0. The quantitative estimate of drug-likeness (QED) is 0.714. The van der Waals surface area contributed by atoms with Crippen molar-refractivity contribution in [2.24, 2.45) is 11.7 Å². The molecule has 0 heterocycles. The van der Waals surface area contributed by atoms with Gasteiger partial charge in [0.25, 0.3) is 0 Å². The Kier molecular flexibility index (Phi) is 7.62. The van der Waals surface area contributed by atoms with E-state index in [4.69, 9.17) is 13.5 Å². The van der Waals surface area contributed by atoms with Crippen molar-refractivity contribution in [2.75, 3.05) is 13.2 Å². The zero-order valence-electron chi connectivity index (χ0n) is 11.1. The third-order valence-corrected chi connectivity index (χ3v) is 3.34. The van der Waals surface area contributed by atoms with Crippen molar-refractivity contribution in [1.82, 2.24) is 0 Å². The maximum atomic E-state index is 5.74. The number of nitrogens with two attached hydrogens (primary N) is 1. The van der Waals surface area contributed by atoms with Crippen LogP contribution in [-0.4, -0.2) is 13.2 Å². The van der Waals surface area contributed by atoms with Crippen molar-refractivity contribution in [3.05, 3.63) is 29.8 Å². The Morgan fingerprint density at radius 3 is 2.67 bits per heavy atom. The molecular weight excluding hydrogens is 341 g/mol. The largest absolute Gasteiger partial charge is 0.494 e. The molecule has 1 rings (SSSR count). The molecule has 1 aromatic rings. The van der Waals surface area contributed by atoms with Gasteiger partial charge in [0.05, 0.1) is 12.7 Å². The molecule has 0 fully saturated rings. The van der Waals surface area contributed by atoms with Crippen LogP contribution in [0.5, 0.6) is 5.75 Å². The summed E-state index contributed by atoms with van der Waals surface area (Å²) in [6.07, 6.45) is 1.93. The number of ether oxygens (including phenoxy) is 1. The van der Waals surface area contributed by atoms with E-state index in [1.807, 2.05) is 47.3 Å². The van der Waals surface area contributed by atoms with Gasteiger partial charge in [-0.2, -0.15) is 0 Å². The molecule has 0 amide bonds. The molecule has 4 heteroatoms. The Balaban J connectivity index is 2.60. The van der Waals surface area contributed by atoms with Crippen LogP contribution in [0.25, 0.3) is 0 Å². The van der Waals surface area contributed by atoms with Crippen molar-refractivity contribution >= 4 is 23.0 Å².